The van der Waals surface area contributed by atoms with Gasteiger partial charge in [0.05, 0.1) is 30.0 Å². The Hall–Kier alpha value is -1.50. The van der Waals surface area contributed by atoms with E-state index in [1.165, 1.54) is 13.0 Å². The fraction of sp³-hybridized carbons (Fsp3) is 0.385. The molecule has 1 fully saturated rings. The Bertz CT molecular complexity index is 581. The Morgan fingerprint density at radius 3 is 2.81 bits per heavy atom. The molecule has 2 amide bonds. The van der Waals surface area contributed by atoms with E-state index in [0.29, 0.717) is 15.7 Å². The van der Waals surface area contributed by atoms with Crippen molar-refractivity contribution in [2.75, 3.05) is 18.5 Å². The van der Waals surface area contributed by atoms with Crippen LogP contribution in [-0.4, -0.2) is 36.4 Å². The van der Waals surface area contributed by atoms with Gasteiger partial charge in [-0.25, -0.2) is 4.79 Å². The van der Waals surface area contributed by atoms with Crippen molar-refractivity contribution in [3.63, 3.8) is 0 Å². The van der Waals surface area contributed by atoms with E-state index in [1.807, 2.05) is 0 Å². The molecule has 1 saturated heterocycles. The topological polar surface area (TPSA) is 87.7 Å². The number of carboxylic acids is 1. The Morgan fingerprint density at radius 2 is 2.14 bits per heavy atom. The smallest absolute Gasteiger partial charge is 0.319 e. The molecule has 8 heteroatoms. The SMILES string of the molecule is CC1(C(=O)O)COCC1NC(=O)Nc1cc(Cl)ccc1Cl. The minimum Gasteiger partial charge on any atom is -0.481 e. The average molecular weight is 333 g/mol. The van der Waals surface area contributed by atoms with Gasteiger partial charge in [0.25, 0.3) is 0 Å². The lowest BCUT2D eigenvalue weighted by molar-refractivity contribution is -0.148. The van der Waals surface area contributed by atoms with Crippen LogP contribution in [0.4, 0.5) is 10.5 Å². The molecule has 2 rings (SSSR count). The first-order chi connectivity index (χ1) is 9.83. The summed E-state index contributed by atoms with van der Waals surface area (Å²) in [5, 5.41) is 15.1. The minimum absolute atomic E-state index is 0.0468. The van der Waals surface area contributed by atoms with Crippen LogP contribution in [0.5, 0.6) is 0 Å². The summed E-state index contributed by atoms with van der Waals surface area (Å²) in [6.45, 7) is 1.71. The molecule has 2 atom stereocenters. The lowest BCUT2D eigenvalue weighted by atomic mass is 9.85. The molecule has 0 aliphatic carbocycles. The van der Waals surface area contributed by atoms with E-state index in [0.717, 1.165) is 0 Å². The van der Waals surface area contributed by atoms with Crippen molar-refractivity contribution in [1.29, 1.82) is 0 Å². The highest BCUT2D eigenvalue weighted by molar-refractivity contribution is 6.35. The van der Waals surface area contributed by atoms with E-state index < -0.39 is 23.5 Å². The fourth-order valence-electron chi connectivity index (χ4n) is 1.99. The Kier molecular flexibility index (Phi) is 4.61. The van der Waals surface area contributed by atoms with Crippen molar-refractivity contribution >= 4 is 40.9 Å². The molecule has 1 aliphatic rings. The molecule has 1 heterocycles. The van der Waals surface area contributed by atoms with Crippen LogP contribution in [0.3, 0.4) is 0 Å². The lowest BCUT2D eigenvalue weighted by Gasteiger charge is -2.25. The molecule has 2 unspecified atom stereocenters. The van der Waals surface area contributed by atoms with Crippen LogP contribution in [0.25, 0.3) is 0 Å². The number of carbonyl (C=O) groups is 2. The molecular formula is C13H14Cl2N2O4. The van der Waals surface area contributed by atoms with Gasteiger partial charge >= 0.3 is 12.0 Å². The van der Waals surface area contributed by atoms with Gasteiger partial charge in [0.1, 0.15) is 5.41 Å². The molecule has 0 spiro atoms. The lowest BCUT2D eigenvalue weighted by Crippen LogP contribution is -2.50. The number of benzene rings is 1. The molecule has 21 heavy (non-hydrogen) atoms. The summed E-state index contributed by atoms with van der Waals surface area (Å²) >= 11 is 11.8. The van der Waals surface area contributed by atoms with Crippen LogP contribution in [0.1, 0.15) is 6.92 Å². The Balaban J connectivity index is 2.05. The molecule has 1 aromatic carbocycles. The van der Waals surface area contributed by atoms with Crippen molar-refractivity contribution in [2.45, 2.75) is 13.0 Å². The van der Waals surface area contributed by atoms with E-state index in [2.05, 4.69) is 10.6 Å². The molecule has 3 N–H and O–H groups in total. The van der Waals surface area contributed by atoms with E-state index in [-0.39, 0.29) is 13.2 Å². The van der Waals surface area contributed by atoms with Crippen LogP contribution in [0.2, 0.25) is 10.0 Å². The zero-order chi connectivity index (χ0) is 15.6. The maximum absolute atomic E-state index is 12.0. The van der Waals surface area contributed by atoms with Crippen LogP contribution in [-0.2, 0) is 9.53 Å². The second-order valence-corrected chi connectivity index (χ2v) is 5.86. The Morgan fingerprint density at radius 1 is 1.43 bits per heavy atom. The third-order valence-electron chi connectivity index (χ3n) is 3.43. The second-order valence-electron chi connectivity index (χ2n) is 5.01. The summed E-state index contributed by atoms with van der Waals surface area (Å²) in [4.78, 5) is 23.3. The number of nitrogens with one attached hydrogen (secondary N) is 2. The van der Waals surface area contributed by atoms with Crippen LogP contribution >= 0.6 is 23.2 Å². The number of ether oxygens (including phenoxy) is 1. The highest BCUT2D eigenvalue weighted by atomic mass is 35.5. The first kappa shape index (κ1) is 15.9. The number of carbonyl (C=O) groups excluding carboxylic acids is 1. The molecule has 0 aromatic heterocycles. The van der Waals surface area contributed by atoms with Crippen molar-refractivity contribution in [3.8, 4) is 0 Å². The van der Waals surface area contributed by atoms with Gasteiger partial charge in [-0.05, 0) is 25.1 Å². The number of aliphatic carboxylic acids is 1. The van der Waals surface area contributed by atoms with Crippen molar-refractivity contribution < 1.29 is 19.4 Å². The van der Waals surface area contributed by atoms with E-state index in [1.54, 1.807) is 12.1 Å². The van der Waals surface area contributed by atoms with E-state index in [9.17, 15) is 14.7 Å². The quantitative estimate of drug-likeness (QED) is 0.793. The second kappa shape index (κ2) is 6.09. The summed E-state index contributed by atoms with van der Waals surface area (Å²) in [5.74, 6) is -1.02. The van der Waals surface area contributed by atoms with Gasteiger partial charge in [0.2, 0.25) is 0 Å². The monoisotopic (exact) mass is 332 g/mol. The molecule has 0 radical (unpaired) electrons. The number of hydrogen-bond acceptors (Lipinski definition) is 3. The molecule has 114 valence electrons. The largest absolute Gasteiger partial charge is 0.481 e. The zero-order valence-corrected chi connectivity index (χ0v) is 12.7. The standard InChI is InChI=1S/C13H14Cl2N2O4/c1-13(11(18)19)6-21-5-10(13)17-12(20)16-9-4-7(14)2-3-8(9)15/h2-4,10H,5-6H2,1H3,(H,18,19)(H2,16,17,20). The van der Waals surface area contributed by atoms with Crippen LogP contribution in [0.15, 0.2) is 18.2 Å². The molecular weight excluding hydrogens is 319 g/mol. The van der Waals surface area contributed by atoms with Gasteiger partial charge in [0.15, 0.2) is 0 Å². The van der Waals surface area contributed by atoms with Crippen LogP contribution in [0, 0.1) is 5.41 Å². The van der Waals surface area contributed by atoms with Crippen molar-refractivity contribution in [1.82, 2.24) is 5.32 Å². The number of carboxylic acid groups (broad SMARTS) is 1. The molecule has 0 bridgehead atoms. The number of anilines is 1. The molecule has 1 aliphatic heterocycles. The predicted molar refractivity (Wildman–Crippen MR) is 79.0 cm³/mol. The third kappa shape index (κ3) is 3.40. The fourth-order valence-corrected chi connectivity index (χ4v) is 2.33. The molecule has 1 aromatic rings. The summed E-state index contributed by atoms with van der Waals surface area (Å²) in [6.07, 6.45) is 0. The van der Waals surface area contributed by atoms with Gasteiger partial charge < -0.3 is 20.5 Å². The summed E-state index contributed by atoms with van der Waals surface area (Å²) in [7, 11) is 0. The maximum Gasteiger partial charge on any atom is 0.319 e. The van der Waals surface area contributed by atoms with Gasteiger partial charge in [-0.15, -0.1) is 0 Å². The normalized spacial score (nSPS) is 24.6. The van der Waals surface area contributed by atoms with Crippen molar-refractivity contribution in [3.05, 3.63) is 28.2 Å². The highest BCUT2D eigenvalue weighted by Crippen LogP contribution is 2.29. The van der Waals surface area contributed by atoms with Gasteiger partial charge in [-0.2, -0.15) is 0 Å². The number of urea groups is 1. The van der Waals surface area contributed by atoms with E-state index in [4.69, 9.17) is 27.9 Å². The summed E-state index contributed by atoms with van der Waals surface area (Å²) < 4.78 is 5.16. The number of rotatable bonds is 3. The number of hydrogen-bond donors (Lipinski definition) is 3. The maximum atomic E-state index is 12.0. The third-order valence-corrected chi connectivity index (χ3v) is 3.99. The van der Waals surface area contributed by atoms with Crippen LogP contribution < -0.4 is 10.6 Å². The molecule has 0 saturated carbocycles. The molecule has 6 nitrogen and oxygen atoms in total. The summed E-state index contributed by atoms with van der Waals surface area (Å²) in [6, 6.07) is 3.46. The van der Waals surface area contributed by atoms with Gasteiger partial charge in [-0.1, -0.05) is 23.2 Å². The first-order valence-corrected chi connectivity index (χ1v) is 6.92. The zero-order valence-electron chi connectivity index (χ0n) is 11.2. The van der Waals surface area contributed by atoms with Gasteiger partial charge in [0, 0.05) is 5.02 Å². The minimum atomic E-state index is -1.16. The Labute approximate surface area is 131 Å². The van der Waals surface area contributed by atoms with Crippen molar-refractivity contribution in [2.24, 2.45) is 5.41 Å². The number of amides is 2. The average Bonchev–Trinajstić information content (AvgIpc) is 2.77. The highest BCUT2D eigenvalue weighted by Gasteiger charge is 2.47. The number of halogens is 2. The van der Waals surface area contributed by atoms with Gasteiger partial charge in [-0.3, -0.25) is 4.79 Å². The first-order valence-electron chi connectivity index (χ1n) is 6.16. The summed E-state index contributed by atoms with van der Waals surface area (Å²) in [5.41, 5.74) is -0.812. The van der Waals surface area contributed by atoms with E-state index >= 15 is 0 Å². The predicted octanol–water partition coefficient (Wildman–Crippen LogP) is 2.60.